The van der Waals surface area contributed by atoms with E-state index in [1.807, 2.05) is 67.6 Å². The third kappa shape index (κ3) is 4.95. The quantitative estimate of drug-likeness (QED) is 0.406. The van der Waals surface area contributed by atoms with E-state index in [0.29, 0.717) is 24.6 Å². The van der Waals surface area contributed by atoms with Crippen molar-refractivity contribution in [3.63, 3.8) is 0 Å². The number of carbonyl (C=O) groups excluding carboxylic acids is 1. The molecule has 1 amide bonds. The predicted octanol–water partition coefficient (Wildman–Crippen LogP) is 3.73. The number of methoxy groups -OCH3 is 1. The molecule has 5 rings (SSSR count). The standard InChI is InChI=1S/C27H30N6O3/c1-3-36-23-7-5-4-6-21(23)18-28-27(34)20-14-16-32(17-15-20)25-13-12-24-29-30-26(33(24)31-25)19-8-10-22(35-2)11-9-19/h4-13,20H,3,14-18H2,1-2H3,(H,28,34). The second-order valence-electron chi connectivity index (χ2n) is 8.73. The van der Waals surface area contributed by atoms with Gasteiger partial charge >= 0.3 is 0 Å². The van der Waals surface area contributed by atoms with E-state index in [1.165, 1.54) is 0 Å². The molecule has 2 aromatic heterocycles. The summed E-state index contributed by atoms with van der Waals surface area (Å²) in [5.74, 6) is 3.20. The summed E-state index contributed by atoms with van der Waals surface area (Å²) in [7, 11) is 1.64. The van der Waals surface area contributed by atoms with Gasteiger partial charge in [-0.25, -0.2) is 0 Å². The first-order valence-corrected chi connectivity index (χ1v) is 12.3. The Hall–Kier alpha value is -4.14. The van der Waals surface area contributed by atoms with Crippen molar-refractivity contribution in [3.8, 4) is 22.9 Å². The fourth-order valence-corrected chi connectivity index (χ4v) is 4.51. The average molecular weight is 487 g/mol. The molecule has 0 radical (unpaired) electrons. The Balaban J connectivity index is 1.22. The molecule has 4 aromatic rings. The number of nitrogens with one attached hydrogen (secondary N) is 1. The lowest BCUT2D eigenvalue weighted by molar-refractivity contribution is -0.125. The van der Waals surface area contributed by atoms with Gasteiger partial charge in [0.15, 0.2) is 11.5 Å². The van der Waals surface area contributed by atoms with E-state index in [4.69, 9.17) is 14.6 Å². The number of para-hydroxylation sites is 1. The average Bonchev–Trinajstić information content (AvgIpc) is 3.36. The summed E-state index contributed by atoms with van der Waals surface area (Å²) in [6.07, 6.45) is 1.54. The molecular formula is C27H30N6O3. The summed E-state index contributed by atoms with van der Waals surface area (Å²) in [4.78, 5) is 15.1. The fraction of sp³-hybridized carbons (Fsp3) is 0.333. The van der Waals surface area contributed by atoms with E-state index in [2.05, 4.69) is 20.4 Å². The molecule has 1 saturated heterocycles. The molecule has 9 heteroatoms. The second kappa shape index (κ2) is 10.6. The Morgan fingerprint density at radius 2 is 1.81 bits per heavy atom. The van der Waals surface area contributed by atoms with Crippen LogP contribution < -0.4 is 19.7 Å². The molecule has 1 aliphatic heterocycles. The summed E-state index contributed by atoms with van der Waals surface area (Å²) in [5.41, 5.74) is 2.59. The normalized spacial score (nSPS) is 14.1. The molecule has 186 valence electrons. The van der Waals surface area contributed by atoms with Gasteiger partial charge in [0.2, 0.25) is 5.91 Å². The molecule has 1 aliphatic rings. The highest BCUT2D eigenvalue weighted by molar-refractivity contribution is 5.79. The number of carbonyl (C=O) groups is 1. The number of ether oxygens (including phenoxy) is 2. The van der Waals surface area contributed by atoms with Crippen molar-refractivity contribution in [1.82, 2.24) is 25.1 Å². The van der Waals surface area contributed by atoms with E-state index in [-0.39, 0.29) is 11.8 Å². The molecule has 3 heterocycles. The molecule has 0 aliphatic carbocycles. The number of hydrogen-bond acceptors (Lipinski definition) is 7. The Morgan fingerprint density at radius 3 is 2.56 bits per heavy atom. The first-order valence-electron chi connectivity index (χ1n) is 12.3. The zero-order valence-corrected chi connectivity index (χ0v) is 20.6. The molecule has 36 heavy (non-hydrogen) atoms. The van der Waals surface area contributed by atoms with Crippen LogP contribution in [0.4, 0.5) is 5.82 Å². The van der Waals surface area contributed by atoms with Crippen LogP contribution in [0, 0.1) is 5.92 Å². The highest BCUT2D eigenvalue weighted by atomic mass is 16.5. The molecule has 1 N–H and O–H groups in total. The monoisotopic (exact) mass is 486 g/mol. The van der Waals surface area contributed by atoms with E-state index in [9.17, 15) is 4.79 Å². The van der Waals surface area contributed by atoms with Crippen LogP contribution in [0.25, 0.3) is 17.0 Å². The minimum atomic E-state index is -0.0194. The number of aromatic nitrogens is 4. The Morgan fingerprint density at radius 1 is 1.03 bits per heavy atom. The first-order chi connectivity index (χ1) is 17.7. The number of hydrogen-bond donors (Lipinski definition) is 1. The molecule has 0 saturated carbocycles. The largest absolute Gasteiger partial charge is 0.497 e. The van der Waals surface area contributed by atoms with Crippen LogP contribution in [-0.2, 0) is 11.3 Å². The molecule has 9 nitrogen and oxygen atoms in total. The van der Waals surface area contributed by atoms with E-state index in [1.54, 1.807) is 11.6 Å². The van der Waals surface area contributed by atoms with Gasteiger partial charge in [-0.15, -0.1) is 15.3 Å². The molecule has 0 bridgehead atoms. The van der Waals surface area contributed by atoms with Crippen molar-refractivity contribution in [2.24, 2.45) is 5.92 Å². The maximum absolute atomic E-state index is 12.9. The number of benzene rings is 2. The number of rotatable bonds is 8. The molecule has 0 atom stereocenters. The SMILES string of the molecule is CCOc1ccccc1CNC(=O)C1CCN(c2ccc3nnc(-c4ccc(OC)cc4)n3n2)CC1. The highest BCUT2D eigenvalue weighted by Gasteiger charge is 2.26. The first kappa shape index (κ1) is 23.6. The van der Waals surface area contributed by atoms with Gasteiger partial charge in [0.25, 0.3) is 0 Å². The van der Waals surface area contributed by atoms with Crippen molar-refractivity contribution < 1.29 is 14.3 Å². The van der Waals surface area contributed by atoms with E-state index >= 15 is 0 Å². The molecule has 1 fully saturated rings. The third-order valence-corrected chi connectivity index (χ3v) is 6.51. The second-order valence-corrected chi connectivity index (χ2v) is 8.73. The Labute approximate surface area is 210 Å². The van der Waals surface area contributed by atoms with Crippen LogP contribution in [0.5, 0.6) is 11.5 Å². The lowest BCUT2D eigenvalue weighted by atomic mass is 9.96. The van der Waals surface area contributed by atoms with Crippen molar-refractivity contribution in [3.05, 3.63) is 66.2 Å². The summed E-state index contributed by atoms with van der Waals surface area (Å²) in [6, 6.07) is 19.4. The fourth-order valence-electron chi connectivity index (χ4n) is 4.51. The third-order valence-electron chi connectivity index (χ3n) is 6.51. The number of piperidine rings is 1. The van der Waals surface area contributed by atoms with Gasteiger partial charge in [-0.05, 0) is 62.2 Å². The van der Waals surface area contributed by atoms with Crippen LogP contribution in [0.3, 0.4) is 0 Å². The Bertz CT molecular complexity index is 1330. The van der Waals surface area contributed by atoms with Gasteiger partial charge in [-0.1, -0.05) is 18.2 Å². The lowest BCUT2D eigenvalue weighted by Gasteiger charge is -2.32. The summed E-state index contributed by atoms with van der Waals surface area (Å²) < 4.78 is 12.7. The number of nitrogens with zero attached hydrogens (tertiary/aromatic N) is 5. The van der Waals surface area contributed by atoms with Gasteiger partial charge in [0.05, 0.1) is 13.7 Å². The Kier molecular flexibility index (Phi) is 6.97. The molecular weight excluding hydrogens is 456 g/mol. The topological polar surface area (TPSA) is 93.9 Å². The van der Waals surface area contributed by atoms with E-state index in [0.717, 1.165) is 54.4 Å². The molecule has 0 spiro atoms. The zero-order chi connectivity index (χ0) is 24.9. The van der Waals surface area contributed by atoms with Crippen LogP contribution in [0.1, 0.15) is 25.3 Å². The van der Waals surface area contributed by atoms with Crippen LogP contribution in [0.15, 0.2) is 60.7 Å². The minimum absolute atomic E-state index is 0.0194. The predicted molar refractivity (Wildman–Crippen MR) is 137 cm³/mol. The number of fused-ring (bicyclic) bond motifs is 1. The van der Waals surface area contributed by atoms with E-state index < -0.39 is 0 Å². The smallest absolute Gasteiger partial charge is 0.223 e. The van der Waals surface area contributed by atoms with Gasteiger partial charge < -0.3 is 19.7 Å². The van der Waals surface area contributed by atoms with Crippen molar-refractivity contribution >= 4 is 17.4 Å². The highest BCUT2D eigenvalue weighted by Crippen LogP contribution is 2.25. The van der Waals surface area contributed by atoms with Crippen molar-refractivity contribution in [2.75, 3.05) is 31.7 Å². The lowest BCUT2D eigenvalue weighted by Crippen LogP contribution is -2.40. The number of amides is 1. The van der Waals surface area contributed by atoms with Gasteiger partial charge in [0, 0.05) is 36.7 Å². The van der Waals surface area contributed by atoms with Gasteiger partial charge in [0.1, 0.15) is 17.3 Å². The van der Waals surface area contributed by atoms with Crippen LogP contribution in [0.2, 0.25) is 0 Å². The zero-order valence-electron chi connectivity index (χ0n) is 20.6. The maximum Gasteiger partial charge on any atom is 0.223 e. The molecule has 2 aromatic carbocycles. The summed E-state index contributed by atoms with van der Waals surface area (Å²) >= 11 is 0. The number of anilines is 1. The molecule has 0 unspecified atom stereocenters. The van der Waals surface area contributed by atoms with Crippen molar-refractivity contribution in [1.29, 1.82) is 0 Å². The van der Waals surface area contributed by atoms with Crippen LogP contribution in [-0.4, -0.2) is 52.5 Å². The van der Waals surface area contributed by atoms with Crippen molar-refractivity contribution in [2.45, 2.75) is 26.3 Å². The minimum Gasteiger partial charge on any atom is -0.497 e. The van der Waals surface area contributed by atoms with Gasteiger partial charge in [-0.3, -0.25) is 4.79 Å². The maximum atomic E-state index is 12.9. The summed E-state index contributed by atoms with van der Waals surface area (Å²) in [5, 5.41) is 16.5. The summed E-state index contributed by atoms with van der Waals surface area (Å²) in [6.45, 7) is 4.53. The van der Waals surface area contributed by atoms with Gasteiger partial charge in [-0.2, -0.15) is 4.52 Å². The van der Waals surface area contributed by atoms with Crippen LogP contribution >= 0.6 is 0 Å².